The van der Waals surface area contributed by atoms with Gasteiger partial charge in [-0.1, -0.05) is 31.2 Å². The van der Waals surface area contributed by atoms with E-state index in [1.165, 1.54) is 0 Å². The molecule has 7 N–H and O–H groups in total. The van der Waals surface area contributed by atoms with Crippen molar-refractivity contribution in [3.8, 4) is 0 Å². The number of benzene rings is 1. The SMILES string of the molecule is CCCNc1nc(N)c2nc(N[C@H]3c4ccccc4C[C@@H]3O)nc(N)c2n1. The molecule has 9 nitrogen and oxygen atoms in total. The van der Waals surface area contributed by atoms with Gasteiger partial charge in [-0.15, -0.1) is 0 Å². The number of hydrogen-bond acceptors (Lipinski definition) is 9. The van der Waals surface area contributed by atoms with E-state index in [4.69, 9.17) is 11.5 Å². The zero-order valence-electron chi connectivity index (χ0n) is 15.0. The summed E-state index contributed by atoms with van der Waals surface area (Å²) in [5, 5.41) is 16.7. The third kappa shape index (κ3) is 3.17. The standard InChI is InChI=1S/C18H22N8O/c1-2-7-21-17-23-13-14(15(19)25-17)24-18(26-16(13)20)22-12-10-6-4-3-5-9(10)8-11(12)27/h3-6,11-12,27H,2,7-8H2,1H3,(H3,19,21,23,25)(H3,20,22,24,26)/t11-,12-/m0/s1. The van der Waals surface area contributed by atoms with E-state index in [2.05, 4.69) is 30.6 Å². The normalized spacial score (nSPS) is 18.4. The second-order valence-corrected chi connectivity index (χ2v) is 6.58. The van der Waals surface area contributed by atoms with Gasteiger partial charge >= 0.3 is 0 Å². The zero-order valence-corrected chi connectivity index (χ0v) is 15.0. The van der Waals surface area contributed by atoms with Crippen molar-refractivity contribution >= 4 is 34.6 Å². The van der Waals surface area contributed by atoms with Crippen LogP contribution in [0.4, 0.5) is 23.5 Å². The monoisotopic (exact) mass is 366 g/mol. The van der Waals surface area contributed by atoms with E-state index >= 15 is 0 Å². The minimum Gasteiger partial charge on any atom is -0.390 e. The predicted octanol–water partition coefficient (Wildman–Crippen LogP) is 1.48. The molecule has 0 spiro atoms. The molecule has 3 aromatic rings. The lowest BCUT2D eigenvalue weighted by atomic mass is 10.1. The summed E-state index contributed by atoms with van der Waals surface area (Å²) in [5.74, 6) is 1.11. The number of aliphatic hydroxyl groups excluding tert-OH is 1. The van der Waals surface area contributed by atoms with Crippen LogP contribution in [0.5, 0.6) is 0 Å². The maximum Gasteiger partial charge on any atom is 0.226 e. The van der Waals surface area contributed by atoms with E-state index in [1.54, 1.807) is 0 Å². The minimum atomic E-state index is -0.572. The molecule has 27 heavy (non-hydrogen) atoms. The van der Waals surface area contributed by atoms with Gasteiger partial charge in [-0.3, -0.25) is 0 Å². The van der Waals surface area contributed by atoms with Crippen LogP contribution in [0.15, 0.2) is 24.3 Å². The molecule has 0 radical (unpaired) electrons. The topological polar surface area (TPSA) is 148 Å². The number of aromatic nitrogens is 4. The number of rotatable bonds is 5. The Labute approximate surface area is 156 Å². The molecule has 0 amide bonds. The van der Waals surface area contributed by atoms with Gasteiger partial charge in [0, 0.05) is 13.0 Å². The number of fused-ring (bicyclic) bond motifs is 2. The Morgan fingerprint density at radius 3 is 2.44 bits per heavy atom. The highest BCUT2D eigenvalue weighted by Gasteiger charge is 2.31. The number of aliphatic hydroxyl groups is 1. The molecule has 0 saturated heterocycles. The summed E-state index contributed by atoms with van der Waals surface area (Å²) in [4.78, 5) is 17.3. The average Bonchev–Trinajstić information content (AvgIpc) is 2.96. The minimum absolute atomic E-state index is 0.205. The average molecular weight is 366 g/mol. The largest absolute Gasteiger partial charge is 0.390 e. The predicted molar refractivity (Wildman–Crippen MR) is 105 cm³/mol. The van der Waals surface area contributed by atoms with Gasteiger partial charge in [0.1, 0.15) is 11.0 Å². The first-order valence-corrected chi connectivity index (χ1v) is 8.93. The van der Waals surface area contributed by atoms with E-state index in [0.717, 1.165) is 24.1 Å². The lowest BCUT2D eigenvalue weighted by Crippen LogP contribution is -2.22. The molecule has 0 bridgehead atoms. The maximum absolute atomic E-state index is 10.4. The van der Waals surface area contributed by atoms with Crippen LogP contribution in [0.25, 0.3) is 11.0 Å². The first kappa shape index (κ1) is 17.2. The zero-order chi connectivity index (χ0) is 19.0. The number of nitrogens with two attached hydrogens (primary N) is 2. The van der Waals surface area contributed by atoms with Gasteiger partial charge in [0.15, 0.2) is 11.6 Å². The third-order valence-corrected chi connectivity index (χ3v) is 4.62. The van der Waals surface area contributed by atoms with Gasteiger partial charge in [0.25, 0.3) is 0 Å². The fourth-order valence-electron chi connectivity index (χ4n) is 3.33. The third-order valence-electron chi connectivity index (χ3n) is 4.62. The van der Waals surface area contributed by atoms with E-state index in [-0.39, 0.29) is 23.6 Å². The molecule has 140 valence electrons. The molecular weight excluding hydrogens is 344 g/mol. The Morgan fingerprint density at radius 2 is 1.70 bits per heavy atom. The number of nitrogens with one attached hydrogen (secondary N) is 2. The summed E-state index contributed by atoms with van der Waals surface area (Å²) in [6.07, 6.45) is 0.938. The van der Waals surface area contributed by atoms with Gasteiger partial charge in [0.2, 0.25) is 11.9 Å². The Morgan fingerprint density at radius 1 is 1.04 bits per heavy atom. The smallest absolute Gasteiger partial charge is 0.226 e. The summed E-state index contributed by atoms with van der Waals surface area (Å²) in [6.45, 7) is 2.77. The molecule has 2 atom stereocenters. The number of nitrogen functional groups attached to an aromatic ring is 2. The van der Waals surface area contributed by atoms with Crippen LogP contribution in [0.2, 0.25) is 0 Å². The number of nitrogens with zero attached hydrogens (tertiary/aromatic N) is 4. The quantitative estimate of drug-likeness (QED) is 0.452. The molecule has 9 heteroatoms. The van der Waals surface area contributed by atoms with Gasteiger partial charge in [0.05, 0.1) is 12.1 Å². The summed E-state index contributed by atoms with van der Waals surface area (Å²) in [5.41, 5.74) is 15.1. The number of hydrogen-bond donors (Lipinski definition) is 5. The molecule has 0 saturated carbocycles. The Hall–Kier alpha value is -3.20. The summed E-state index contributed by atoms with van der Waals surface area (Å²) in [7, 11) is 0. The molecule has 2 heterocycles. The molecule has 0 aliphatic heterocycles. The van der Waals surface area contributed by atoms with Crippen LogP contribution in [0, 0.1) is 0 Å². The van der Waals surface area contributed by atoms with Crippen molar-refractivity contribution in [2.45, 2.75) is 31.9 Å². The molecule has 4 rings (SSSR count). The van der Waals surface area contributed by atoms with Crippen molar-refractivity contribution in [2.75, 3.05) is 28.6 Å². The Balaban J connectivity index is 1.68. The fraction of sp³-hybridized carbons (Fsp3) is 0.333. The highest BCUT2D eigenvalue weighted by Crippen LogP contribution is 2.34. The Bertz CT molecular complexity index is 993. The highest BCUT2D eigenvalue weighted by atomic mass is 16.3. The van der Waals surface area contributed by atoms with E-state index < -0.39 is 6.10 Å². The van der Waals surface area contributed by atoms with Crippen molar-refractivity contribution < 1.29 is 5.11 Å². The van der Waals surface area contributed by atoms with Crippen LogP contribution >= 0.6 is 0 Å². The van der Waals surface area contributed by atoms with E-state index in [0.29, 0.717) is 23.4 Å². The molecule has 0 unspecified atom stereocenters. The van der Waals surface area contributed by atoms with Crippen molar-refractivity contribution in [1.29, 1.82) is 0 Å². The maximum atomic E-state index is 10.4. The fourth-order valence-corrected chi connectivity index (χ4v) is 3.33. The van der Waals surface area contributed by atoms with Gasteiger partial charge in [-0.05, 0) is 17.5 Å². The Kier molecular flexibility index (Phi) is 4.36. The van der Waals surface area contributed by atoms with Crippen LogP contribution in [0.3, 0.4) is 0 Å². The summed E-state index contributed by atoms with van der Waals surface area (Å²) < 4.78 is 0. The van der Waals surface area contributed by atoms with Gasteiger partial charge in [-0.2, -0.15) is 9.97 Å². The second kappa shape index (κ2) is 6.84. The van der Waals surface area contributed by atoms with Gasteiger partial charge in [-0.25, -0.2) is 9.97 Å². The van der Waals surface area contributed by atoms with Gasteiger partial charge < -0.3 is 27.2 Å². The van der Waals surface area contributed by atoms with Crippen LogP contribution in [-0.2, 0) is 6.42 Å². The molecule has 0 fully saturated rings. The molecule has 1 aromatic carbocycles. The molecule has 2 aromatic heterocycles. The molecule has 1 aliphatic carbocycles. The second-order valence-electron chi connectivity index (χ2n) is 6.58. The van der Waals surface area contributed by atoms with Crippen LogP contribution in [0.1, 0.15) is 30.5 Å². The van der Waals surface area contributed by atoms with Crippen molar-refractivity contribution in [3.63, 3.8) is 0 Å². The molecule has 1 aliphatic rings. The lowest BCUT2D eigenvalue weighted by molar-refractivity contribution is 0.165. The highest BCUT2D eigenvalue weighted by molar-refractivity contribution is 5.92. The number of anilines is 4. The van der Waals surface area contributed by atoms with E-state index in [9.17, 15) is 5.11 Å². The van der Waals surface area contributed by atoms with Crippen molar-refractivity contribution in [1.82, 2.24) is 19.9 Å². The van der Waals surface area contributed by atoms with Crippen LogP contribution < -0.4 is 22.1 Å². The van der Waals surface area contributed by atoms with Crippen molar-refractivity contribution in [2.24, 2.45) is 0 Å². The summed E-state index contributed by atoms with van der Waals surface area (Å²) in [6, 6.07) is 7.58. The first-order chi connectivity index (χ1) is 13.1. The van der Waals surface area contributed by atoms with Crippen molar-refractivity contribution in [3.05, 3.63) is 35.4 Å². The first-order valence-electron chi connectivity index (χ1n) is 8.93. The van der Waals surface area contributed by atoms with E-state index in [1.807, 2.05) is 31.2 Å². The van der Waals surface area contributed by atoms with Crippen LogP contribution in [-0.4, -0.2) is 37.7 Å². The lowest BCUT2D eigenvalue weighted by Gasteiger charge is -2.18. The summed E-state index contributed by atoms with van der Waals surface area (Å²) >= 11 is 0. The molecular formula is C18H22N8O.